The second-order valence-corrected chi connectivity index (χ2v) is 4.58. The SMILES string of the molecule is CCOC(=O)CNCc1cc(-n2cncn2)cc(C)c1N. The first-order chi connectivity index (χ1) is 10.1. The molecule has 0 spiro atoms. The van der Waals surface area contributed by atoms with Gasteiger partial charge in [-0.3, -0.25) is 4.79 Å². The maximum atomic E-state index is 11.3. The molecule has 1 heterocycles. The van der Waals surface area contributed by atoms with Crippen LogP contribution in [-0.4, -0.2) is 33.9 Å². The predicted octanol–water partition coefficient (Wildman–Crippen LogP) is 0.811. The van der Waals surface area contributed by atoms with Crippen LogP contribution >= 0.6 is 0 Å². The Labute approximate surface area is 123 Å². The number of aromatic nitrogens is 3. The highest BCUT2D eigenvalue weighted by molar-refractivity contribution is 5.71. The van der Waals surface area contributed by atoms with E-state index < -0.39 is 0 Å². The number of benzene rings is 1. The summed E-state index contributed by atoms with van der Waals surface area (Å²) in [6.07, 6.45) is 3.10. The van der Waals surface area contributed by atoms with Gasteiger partial charge in [-0.2, -0.15) is 5.10 Å². The van der Waals surface area contributed by atoms with Gasteiger partial charge in [0, 0.05) is 12.2 Å². The molecular formula is C14H19N5O2. The Kier molecular flexibility index (Phi) is 4.89. The summed E-state index contributed by atoms with van der Waals surface area (Å²) in [5.74, 6) is -0.278. The van der Waals surface area contributed by atoms with E-state index in [1.807, 2.05) is 19.1 Å². The van der Waals surface area contributed by atoms with E-state index in [-0.39, 0.29) is 12.5 Å². The molecule has 0 amide bonds. The minimum absolute atomic E-state index is 0.153. The van der Waals surface area contributed by atoms with E-state index in [4.69, 9.17) is 10.5 Å². The number of nitrogens with zero attached hydrogens (tertiary/aromatic N) is 3. The molecule has 1 aromatic carbocycles. The van der Waals surface area contributed by atoms with Crippen molar-refractivity contribution in [3.05, 3.63) is 35.9 Å². The predicted molar refractivity (Wildman–Crippen MR) is 78.8 cm³/mol. The second-order valence-electron chi connectivity index (χ2n) is 4.58. The average molecular weight is 289 g/mol. The van der Waals surface area contributed by atoms with Crippen LogP contribution in [-0.2, 0) is 16.1 Å². The number of rotatable bonds is 6. The van der Waals surface area contributed by atoms with E-state index in [0.29, 0.717) is 18.8 Å². The summed E-state index contributed by atoms with van der Waals surface area (Å²) in [6, 6.07) is 3.87. The first-order valence-electron chi connectivity index (χ1n) is 6.72. The van der Waals surface area contributed by atoms with Gasteiger partial charge in [0.1, 0.15) is 12.7 Å². The number of nitrogens with one attached hydrogen (secondary N) is 1. The third kappa shape index (κ3) is 3.79. The van der Waals surface area contributed by atoms with Crippen molar-refractivity contribution < 1.29 is 9.53 Å². The number of hydrogen-bond donors (Lipinski definition) is 2. The zero-order chi connectivity index (χ0) is 15.2. The molecule has 0 radical (unpaired) electrons. The molecule has 0 unspecified atom stereocenters. The van der Waals surface area contributed by atoms with Crippen LogP contribution in [0.1, 0.15) is 18.1 Å². The number of carbonyl (C=O) groups is 1. The Morgan fingerprint density at radius 1 is 1.48 bits per heavy atom. The molecule has 0 saturated carbocycles. The highest BCUT2D eigenvalue weighted by Crippen LogP contribution is 2.21. The number of aryl methyl sites for hydroxylation is 1. The van der Waals surface area contributed by atoms with Gasteiger partial charge in [0.2, 0.25) is 0 Å². The Balaban J connectivity index is 2.10. The third-order valence-corrected chi connectivity index (χ3v) is 3.03. The molecule has 1 aromatic heterocycles. The molecule has 0 saturated heterocycles. The molecule has 0 atom stereocenters. The number of carbonyl (C=O) groups excluding carboxylic acids is 1. The van der Waals surface area contributed by atoms with Crippen molar-refractivity contribution in [1.82, 2.24) is 20.1 Å². The van der Waals surface area contributed by atoms with Gasteiger partial charge in [-0.05, 0) is 37.1 Å². The monoisotopic (exact) mass is 289 g/mol. The largest absolute Gasteiger partial charge is 0.465 e. The zero-order valence-electron chi connectivity index (χ0n) is 12.2. The Hall–Kier alpha value is -2.41. The Morgan fingerprint density at radius 3 is 2.95 bits per heavy atom. The molecule has 0 bridgehead atoms. The van der Waals surface area contributed by atoms with E-state index >= 15 is 0 Å². The Morgan fingerprint density at radius 2 is 2.29 bits per heavy atom. The van der Waals surface area contributed by atoms with E-state index in [9.17, 15) is 4.79 Å². The maximum Gasteiger partial charge on any atom is 0.319 e. The number of esters is 1. The Bertz CT molecular complexity index is 610. The fraction of sp³-hybridized carbons (Fsp3) is 0.357. The highest BCUT2D eigenvalue weighted by Gasteiger charge is 2.08. The number of nitrogens with two attached hydrogens (primary N) is 1. The molecule has 7 heteroatoms. The highest BCUT2D eigenvalue weighted by atomic mass is 16.5. The minimum atomic E-state index is -0.278. The fourth-order valence-corrected chi connectivity index (χ4v) is 1.98. The lowest BCUT2D eigenvalue weighted by Crippen LogP contribution is -2.24. The summed E-state index contributed by atoms with van der Waals surface area (Å²) >= 11 is 0. The van der Waals surface area contributed by atoms with Gasteiger partial charge >= 0.3 is 5.97 Å². The van der Waals surface area contributed by atoms with E-state index in [0.717, 1.165) is 16.8 Å². The number of hydrogen-bond acceptors (Lipinski definition) is 6. The maximum absolute atomic E-state index is 11.3. The number of anilines is 1. The smallest absolute Gasteiger partial charge is 0.319 e. The average Bonchev–Trinajstić information content (AvgIpc) is 2.97. The summed E-state index contributed by atoms with van der Waals surface area (Å²) in [6.45, 7) is 4.73. The van der Waals surface area contributed by atoms with Crippen LogP contribution in [0.25, 0.3) is 5.69 Å². The second kappa shape index (κ2) is 6.85. The van der Waals surface area contributed by atoms with Gasteiger partial charge in [-0.1, -0.05) is 0 Å². The molecule has 0 fully saturated rings. The standard InChI is InChI=1S/C14H19N5O2/c1-3-21-13(20)7-16-6-11-5-12(4-10(2)14(11)15)19-9-17-8-18-19/h4-5,8-9,16H,3,6-7,15H2,1-2H3. The van der Waals surface area contributed by atoms with Crippen LogP contribution in [0.2, 0.25) is 0 Å². The lowest BCUT2D eigenvalue weighted by atomic mass is 10.1. The molecule has 2 rings (SSSR count). The third-order valence-electron chi connectivity index (χ3n) is 3.03. The summed E-state index contributed by atoms with van der Waals surface area (Å²) < 4.78 is 6.53. The molecule has 3 N–H and O–H groups in total. The zero-order valence-corrected chi connectivity index (χ0v) is 12.2. The summed E-state index contributed by atoms with van der Waals surface area (Å²) in [5, 5.41) is 7.13. The fourth-order valence-electron chi connectivity index (χ4n) is 1.98. The first kappa shape index (κ1) is 15.0. The first-order valence-corrected chi connectivity index (χ1v) is 6.72. The van der Waals surface area contributed by atoms with Crippen molar-refractivity contribution in [2.75, 3.05) is 18.9 Å². The summed E-state index contributed by atoms with van der Waals surface area (Å²) in [4.78, 5) is 15.2. The number of ether oxygens (including phenoxy) is 1. The van der Waals surface area contributed by atoms with Crippen molar-refractivity contribution in [2.45, 2.75) is 20.4 Å². The van der Waals surface area contributed by atoms with E-state index in [1.165, 1.54) is 6.33 Å². The molecule has 21 heavy (non-hydrogen) atoms. The van der Waals surface area contributed by atoms with Crippen LogP contribution in [0.5, 0.6) is 0 Å². The molecular weight excluding hydrogens is 270 g/mol. The van der Waals surface area contributed by atoms with E-state index in [2.05, 4.69) is 15.4 Å². The van der Waals surface area contributed by atoms with Gasteiger partial charge < -0.3 is 15.8 Å². The minimum Gasteiger partial charge on any atom is -0.465 e. The molecule has 7 nitrogen and oxygen atoms in total. The van der Waals surface area contributed by atoms with Gasteiger partial charge in [0.15, 0.2) is 0 Å². The van der Waals surface area contributed by atoms with Gasteiger partial charge in [-0.25, -0.2) is 9.67 Å². The van der Waals surface area contributed by atoms with Crippen LogP contribution in [0.3, 0.4) is 0 Å². The normalized spacial score (nSPS) is 10.6. The lowest BCUT2D eigenvalue weighted by Gasteiger charge is -2.12. The van der Waals surface area contributed by atoms with Crippen molar-refractivity contribution in [3.63, 3.8) is 0 Å². The van der Waals surface area contributed by atoms with Crippen LogP contribution in [0.4, 0.5) is 5.69 Å². The molecule has 112 valence electrons. The van der Waals surface area contributed by atoms with Crippen LogP contribution in [0, 0.1) is 6.92 Å². The van der Waals surface area contributed by atoms with Crippen molar-refractivity contribution in [1.29, 1.82) is 0 Å². The van der Waals surface area contributed by atoms with Crippen molar-refractivity contribution in [3.8, 4) is 5.69 Å². The lowest BCUT2D eigenvalue weighted by molar-refractivity contribution is -0.142. The summed E-state index contributed by atoms with van der Waals surface area (Å²) in [5.41, 5.74) is 9.53. The molecule has 0 aliphatic carbocycles. The quantitative estimate of drug-likeness (QED) is 0.603. The van der Waals surface area contributed by atoms with Gasteiger partial charge in [-0.15, -0.1) is 0 Å². The van der Waals surface area contributed by atoms with E-state index in [1.54, 1.807) is 17.9 Å². The van der Waals surface area contributed by atoms with Crippen LogP contribution < -0.4 is 11.1 Å². The van der Waals surface area contributed by atoms with Gasteiger partial charge in [0.25, 0.3) is 0 Å². The molecule has 0 aliphatic rings. The summed E-state index contributed by atoms with van der Waals surface area (Å²) in [7, 11) is 0. The topological polar surface area (TPSA) is 95.1 Å². The van der Waals surface area contributed by atoms with Crippen LogP contribution in [0.15, 0.2) is 24.8 Å². The molecule has 0 aliphatic heterocycles. The van der Waals surface area contributed by atoms with Gasteiger partial charge in [0.05, 0.1) is 18.8 Å². The molecule has 2 aromatic rings. The number of nitrogen functional groups attached to an aromatic ring is 1. The van der Waals surface area contributed by atoms with Crippen molar-refractivity contribution in [2.24, 2.45) is 0 Å². The van der Waals surface area contributed by atoms with Crippen molar-refractivity contribution >= 4 is 11.7 Å².